The van der Waals surface area contributed by atoms with Gasteiger partial charge in [0.2, 0.25) is 0 Å². The summed E-state index contributed by atoms with van der Waals surface area (Å²) in [6.45, 7) is 7.71. The lowest BCUT2D eigenvalue weighted by atomic mass is 10.3. The Balaban J connectivity index is 2.34. The van der Waals surface area contributed by atoms with Crippen LogP contribution in [0.1, 0.15) is 13.8 Å². The second-order valence-corrected chi connectivity index (χ2v) is 4.14. The van der Waals surface area contributed by atoms with E-state index in [1.165, 1.54) is 0 Å². The van der Waals surface area contributed by atoms with Gasteiger partial charge in [-0.25, -0.2) is 4.79 Å². The van der Waals surface area contributed by atoms with Crippen LogP contribution in [0.15, 0.2) is 24.3 Å². The fourth-order valence-corrected chi connectivity index (χ4v) is 1.74. The Morgan fingerprint density at radius 1 is 1.32 bits per heavy atom. The molecule has 2 N–H and O–H groups in total. The maximum atomic E-state index is 11.7. The Morgan fingerprint density at radius 2 is 2.05 bits per heavy atom. The van der Waals surface area contributed by atoms with Crippen molar-refractivity contribution in [2.75, 3.05) is 38.6 Å². The number of amides is 2. The zero-order valence-electron chi connectivity index (χ0n) is 11.9. The van der Waals surface area contributed by atoms with Gasteiger partial charge in [-0.3, -0.25) is 0 Å². The Bertz CT molecular complexity index is 392. The van der Waals surface area contributed by atoms with Gasteiger partial charge < -0.3 is 20.3 Å². The number of methoxy groups -OCH3 is 1. The highest BCUT2D eigenvalue weighted by molar-refractivity contribution is 5.89. The molecule has 0 aromatic heterocycles. The zero-order chi connectivity index (χ0) is 14.1. The summed E-state index contributed by atoms with van der Waals surface area (Å²) in [5, 5.41) is 5.61. The molecule has 0 radical (unpaired) electrons. The Labute approximate surface area is 114 Å². The predicted molar refractivity (Wildman–Crippen MR) is 77.8 cm³/mol. The molecule has 1 aromatic carbocycles. The molecule has 0 spiro atoms. The van der Waals surface area contributed by atoms with Crippen molar-refractivity contribution in [3.05, 3.63) is 24.3 Å². The van der Waals surface area contributed by atoms with Crippen LogP contribution in [0.2, 0.25) is 0 Å². The van der Waals surface area contributed by atoms with E-state index < -0.39 is 0 Å². The highest BCUT2D eigenvalue weighted by Gasteiger charge is 2.03. The van der Waals surface area contributed by atoms with Crippen molar-refractivity contribution in [1.82, 2.24) is 10.2 Å². The molecule has 0 saturated carbocycles. The fourth-order valence-electron chi connectivity index (χ4n) is 1.74. The van der Waals surface area contributed by atoms with E-state index in [1.807, 2.05) is 18.2 Å². The lowest BCUT2D eigenvalue weighted by molar-refractivity contribution is 0.248. The molecule has 0 aliphatic rings. The Kier molecular flexibility index (Phi) is 6.74. The van der Waals surface area contributed by atoms with Gasteiger partial charge in [-0.05, 0) is 25.2 Å². The van der Waals surface area contributed by atoms with Gasteiger partial charge in [-0.2, -0.15) is 0 Å². The van der Waals surface area contributed by atoms with E-state index in [0.717, 1.165) is 31.1 Å². The number of likely N-dealkylation sites (N-methyl/N-ethyl adjacent to an activating group) is 1. The SMILES string of the molecule is CCN(CC)CCNC(=O)Nc1cccc(OC)c1. The van der Waals surface area contributed by atoms with E-state index in [0.29, 0.717) is 6.54 Å². The quantitative estimate of drug-likeness (QED) is 0.794. The van der Waals surface area contributed by atoms with E-state index in [1.54, 1.807) is 13.2 Å². The number of rotatable bonds is 7. The monoisotopic (exact) mass is 265 g/mol. The van der Waals surface area contributed by atoms with Crippen LogP contribution < -0.4 is 15.4 Å². The molecule has 0 unspecified atom stereocenters. The third-order valence-electron chi connectivity index (χ3n) is 2.94. The Hall–Kier alpha value is -1.75. The highest BCUT2D eigenvalue weighted by Crippen LogP contribution is 2.16. The summed E-state index contributed by atoms with van der Waals surface area (Å²) in [5.41, 5.74) is 0.722. The minimum atomic E-state index is -0.194. The van der Waals surface area contributed by atoms with Crippen LogP contribution in [0.3, 0.4) is 0 Å². The lowest BCUT2D eigenvalue weighted by Gasteiger charge is -2.18. The number of hydrogen-bond donors (Lipinski definition) is 2. The molecule has 0 aliphatic carbocycles. The molecule has 0 atom stereocenters. The first-order valence-electron chi connectivity index (χ1n) is 6.60. The molecule has 0 aliphatic heterocycles. The molecular weight excluding hydrogens is 242 g/mol. The number of urea groups is 1. The number of nitrogens with zero attached hydrogens (tertiary/aromatic N) is 1. The first kappa shape index (κ1) is 15.3. The number of carbonyl (C=O) groups is 1. The summed E-state index contributed by atoms with van der Waals surface area (Å²) >= 11 is 0. The average molecular weight is 265 g/mol. The molecule has 0 bridgehead atoms. The third kappa shape index (κ3) is 5.61. The molecule has 0 fully saturated rings. The van der Waals surface area contributed by atoms with Crippen LogP contribution in [-0.2, 0) is 0 Å². The molecule has 1 rings (SSSR count). The van der Waals surface area contributed by atoms with Crippen LogP contribution in [0, 0.1) is 0 Å². The number of ether oxygens (including phenoxy) is 1. The number of nitrogens with one attached hydrogen (secondary N) is 2. The largest absolute Gasteiger partial charge is 0.497 e. The molecule has 2 amide bonds. The molecule has 19 heavy (non-hydrogen) atoms. The van der Waals surface area contributed by atoms with E-state index in [2.05, 4.69) is 29.4 Å². The topological polar surface area (TPSA) is 53.6 Å². The van der Waals surface area contributed by atoms with Crippen molar-refractivity contribution in [3.63, 3.8) is 0 Å². The minimum Gasteiger partial charge on any atom is -0.497 e. The van der Waals surface area contributed by atoms with E-state index in [4.69, 9.17) is 4.74 Å². The summed E-state index contributed by atoms with van der Waals surface area (Å²) in [6, 6.07) is 7.09. The normalized spacial score (nSPS) is 10.3. The van der Waals surface area contributed by atoms with E-state index >= 15 is 0 Å². The van der Waals surface area contributed by atoms with Crippen molar-refractivity contribution in [2.24, 2.45) is 0 Å². The summed E-state index contributed by atoms with van der Waals surface area (Å²) in [4.78, 5) is 13.9. The van der Waals surface area contributed by atoms with E-state index in [-0.39, 0.29) is 6.03 Å². The Morgan fingerprint density at radius 3 is 2.68 bits per heavy atom. The number of carbonyl (C=O) groups excluding carboxylic acids is 1. The van der Waals surface area contributed by atoms with Crippen LogP contribution in [0.25, 0.3) is 0 Å². The zero-order valence-corrected chi connectivity index (χ0v) is 11.9. The van der Waals surface area contributed by atoms with Crippen LogP contribution >= 0.6 is 0 Å². The van der Waals surface area contributed by atoms with Crippen molar-refractivity contribution in [1.29, 1.82) is 0 Å². The molecule has 106 valence electrons. The minimum absolute atomic E-state index is 0.194. The van der Waals surface area contributed by atoms with Gasteiger partial charge >= 0.3 is 6.03 Å². The number of anilines is 1. The molecule has 0 saturated heterocycles. The van der Waals surface area contributed by atoms with Gasteiger partial charge in [0.15, 0.2) is 0 Å². The first-order chi connectivity index (χ1) is 9.19. The van der Waals surface area contributed by atoms with Crippen molar-refractivity contribution in [3.8, 4) is 5.75 Å². The fraction of sp³-hybridized carbons (Fsp3) is 0.500. The second kappa shape index (κ2) is 8.37. The summed E-state index contributed by atoms with van der Waals surface area (Å²) in [7, 11) is 1.60. The van der Waals surface area contributed by atoms with Gasteiger partial charge in [-0.1, -0.05) is 19.9 Å². The van der Waals surface area contributed by atoms with Crippen molar-refractivity contribution >= 4 is 11.7 Å². The van der Waals surface area contributed by atoms with Gasteiger partial charge in [0.1, 0.15) is 5.75 Å². The van der Waals surface area contributed by atoms with Gasteiger partial charge in [0.05, 0.1) is 7.11 Å². The maximum absolute atomic E-state index is 11.7. The average Bonchev–Trinajstić information content (AvgIpc) is 2.44. The predicted octanol–water partition coefficient (Wildman–Crippen LogP) is 2.16. The van der Waals surface area contributed by atoms with Crippen LogP contribution in [0.5, 0.6) is 5.75 Å². The number of benzene rings is 1. The first-order valence-corrected chi connectivity index (χ1v) is 6.60. The molecule has 0 heterocycles. The third-order valence-corrected chi connectivity index (χ3v) is 2.94. The van der Waals surface area contributed by atoms with E-state index in [9.17, 15) is 4.79 Å². The van der Waals surface area contributed by atoms with Gasteiger partial charge in [0, 0.05) is 24.8 Å². The second-order valence-electron chi connectivity index (χ2n) is 4.14. The van der Waals surface area contributed by atoms with Crippen LogP contribution in [-0.4, -0.2) is 44.2 Å². The maximum Gasteiger partial charge on any atom is 0.319 e. The molecule has 5 nitrogen and oxygen atoms in total. The van der Waals surface area contributed by atoms with Gasteiger partial charge in [0.25, 0.3) is 0 Å². The van der Waals surface area contributed by atoms with Crippen LogP contribution in [0.4, 0.5) is 10.5 Å². The smallest absolute Gasteiger partial charge is 0.319 e. The lowest BCUT2D eigenvalue weighted by Crippen LogP contribution is -2.36. The summed E-state index contributed by atoms with van der Waals surface area (Å²) in [5.74, 6) is 0.723. The number of hydrogen-bond acceptors (Lipinski definition) is 3. The summed E-state index contributed by atoms with van der Waals surface area (Å²) < 4.78 is 5.10. The molecular formula is C14H23N3O2. The van der Waals surface area contributed by atoms with Crippen molar-refractivity contribution < 1.29 is 9.53 Å². The van der Waals surface area contributed by atoms with Gasteiger partial charge in [-0.15, -0.1) is 0 Å². The standard InChI is InChI=1S/C14H23N3O2/c1-4-17(5-2)10-9-15-14(18)16-12-7-6-8-13(11-12)19-3/h6-8,11H,4-5,9-10H2,1-3H3,(H2,15,16,18). The highest BCUT2D eigenvalue weighted by atomic mass is 16.5. The molecule has 5 heteroatoms. The molecule has 1 aromatic rings. The van der Waals surface area contributed by atoms with Crippen molar-refractivity contribution in [2.45, 2.75) is 13.8 Å². The summed E-state index contributed by atoms with van der Waals surface area (Å²) in [6.07, 6.45) is 0.